The van der Waals surface area contributed by atoms with E-state index < -0.39 is 0 Å². The van der Waals surface area contributed by atoms with Gasteiger partial charge in [0.2, 0.25) is 0 Å². The van der Waals surface area contributed by atoms with Gasteiger partial charge in [0.1, 0.15) is 22.4 Å². The molecule has 3 heterocycles. The number of halogens is 2. The lowest BCUT2D eigenvalue weighted by atomic mass is 10.00. The Hall–Kier alpha value is -3.03. The molecule has 0 atom stereocenters. The molecule has 0 saturated carbocycles. The number of fused-ring (bicyclic) bond motifs is 3. The summed E-state index contributed by atoms with van der Waals surface area (Å²) in [6, 6.07) is 14.1. The zero-order chi connectivity index (χ0) is 21.7. The first-order valence-electron chi connectivity index (χ1n) is 9.81. The van der Waals surface area contributed by atoms with Crippen LogP contribution in [0.5, 0.6) is 0 Å². The van der Waals surface area contributed by atoms with Crippen molar-refractivity contribution in [2.24, 2.45) is 5.10 Å². The summed E-state index contributed by atoms with van der Waals surface area (Å²) < 4.78 is 15.5. The topological polar surface area (TPSA) is 46.3 Å². The van der Waals surface area contributed by atoms with Crippen LogP contribution >= 0.6 is 22.9 Å². The number of aryl methyl sites for hydroxylation is 2. The van der Waals surface area contributed by atoms with E-state index in [1.54, 1.807) is 23.5 Å². The van der Waals surface area contributed by atoms with E-state index in [2.05, 4.69) is 28.6 Å². The van der Waals surface area contributed by atoms with Gasteiger partial charge in [-0.25, -0.2) is 9.40 Å². The predicted molar refractivity (Wildman–Crippen MR) is 123 cm³/mol. The van der Waals surface area contributed by atoms with E-state index in [0.29, 0.717) is 17.5 Å². The molecule has 4 aromatic rings. The number of hydrazone groups is 1. The molecule has 31 heavy (non-hydrogen) atoms. The highest BCUT2D eigenvalue weighted by atomic mass is 35.5. The number of rotatable bonds is 3. The molecule has 1 aliphatic rings. The van der Waals surface area contributed by atoms with Crippen LogP contribution in [0.2, 0.25) is 5.02 Å². The molecule has 2 aromatic carbocycles. The van der Waals surface area contributed by atoms with Crippen molar-refractivity contribution in [2.75, 3.05) is 5.01 Å². The fraction of sp³-hybridized carbons (Fsp3) is 0.174. The number of aromatic nitrogens is 3. The van der Waals surface area contributed by atoms with Crippen LogP contribution in [0.25, 0.3) is 5.00 Å². The van der Waals surface area contributed by atoms with Gasteiger partial charge in [0.05, 0.1) is 6.54 Å². The molecule has 0 N–H and O–H groups in total. The summed E-state index contributed by atoms with van der Waals surface area (Å²) in [7, 11) is 0. The smallest absolute Gasteiger partial charge is 0.253 e. The van der Waals surface area contributed by atoms with Crippen molar-refractivity contribution in [3.8, 4) is 5.00 Å². The Kier molecular flexibility index (Phi) is 4.87. The lowest BCUT2D eigenvalue weighted by Crippen LogP contribution is -2.20. The van der Waals surface area contributed by atoms with E-state index >= 15 is 0 Å². The van der Waals surface area contributed by atoms with Crippen molar-refractivity contribution in [3.05, 3.63) is 92.3 Å². The average molecular weight is 452 g/mol. The van der Waals surface area contributed by atoms with Gasteiger partial charge in [-0.1, -0.05) is 35.9 Å². The van der Waals surface area contributed by atoms with E-state index in [0.717, 1.165) is 33.2 Å². The molecule has 2 aromatic heterocycles. The summed E-state index contributed by atoms with van der Waals surface area (Å²) in [5, 5.41) is 17.4. The van der Waals surface area contributed by atoms with Gasteiger partial charge >= 0.3 is 0 Å². The van der Waals surface area contributed by atoms with Gasteiger partial charge in [0.15, 0.2) is 0 Å². The fourth-order valence-electron chi connectivity index (χ4n) is 3.70. The van der Waals surface area contributed by atoms with Crippen LogP contribution in [0.4, 0.5) is 10.3 Å². The second-order valence-electron chi connectivity index (χ2n) is 7.49. The fourth-order valence-corrected chi connectivity index (χ4v) is 5.02. The van der Waals surface area contributed by atoms with Crippen molar-refractivity contribution in [1.29, 1.82) is 0 Å². The molecule has 0 spiro atoms. The molecule has 0 saturated heterocycles. The van der Waals surface area contributed by atoms with Crippen LogP contribution in [-0.4, -0.2) is 20.5 Å². The molecular formula is C23H19ClFN5S. The molecule has 0 radical (unpaired) electrons. The molecule has 156 valence electrons. The summed E-state index contributed by atoms with van der Waals surface area (Å²) in [5.41, 5.74) is 4.98. The van der Waals surface area contributed by atoms with E-state index in [9.17, 15) is 4.39 Å². The van der Waals surface area contributed by atoms with Crippen molar-refractivity contribution < 1.29 is 4.39 Å². The zero-order valence-corrected chi connectivity index (χ0v) is 18.8. The summed E-state index contributed by atoms with van der Waals surface area (Å²) in [5.74, 6) is 1.15. The van der Waals surface area contributed by atoms with Gasteiger partial charge in [-0.05, 0) is 56.2 Å². The predicted octanol–water partition coefficient (Wildman–Crippen LogP) is 5.82. The normalized spacial score (nSPS) is 12.9. The molecule has 0 amide bonds. The quantitative estimate of drug-likeness (QED) is 0.394. The first-order valence-corrected chi connectivity index (χ1v) is 11.0. The molecule has 5 nitrogen and oxygen atoms in total. The highest BCUT2D eigenvalue weighted by molar-refractivity contribution is 7.15. The van der Waals surface area contributed by atoms with Crippen LogP contribution in [-0.2, 0) is 6.54 Å². The van der Waals surface area contributed by atoms with E-state index in [1.165, 1.54) is 22.6 Å². The lowest BCUT2D eigenvalue weighted by Gasteiger charge is -2.18. The van der Waals surface area contributed by atoms with Crippen LogP contribution in [0, 0.1) is 26.6 Å². The zero-order valence-electron chi connectivity index (χ0n) is 17.2. The SMILES string of the molecule is Cc1sc2c(c1C)C(c1ccc(Cl)cc1)=NN(Cc1ccc(F)cc1)c1nnc(C)n1-2. The molecule has 0 unspecified atom stereocenters. The summed E-state index contributed by atoms with van der Waals surface area (Å²) in [6.45, 7) is 6.60. The maximum atomic E-state index is 13.4. The van der Waals surface area contributed by atoms with E-state index in [4.69, 9.17) is 16.7 Å². The molecule has 1 aliphatic heterocycles. The summed E-state index contributed by atoms with van der Waals surface area (Å²) >= 11 is 7.85. The average Bonchev–Trinajstić information content (AvgIpc) is 3.23. The highest BCUT2D eigenvalue weighted by Gasteiger charge is 2.30. The van der Waals surface area contributed by atoms with Crippen LogP contribution in [0.3, 0.4) is 0 Å². The van der Waals surface area contributed by atoms with Gasteiger partial charge in [0, 0.05) is 21.0 Å². The van der Waals surface area contributed by atoms with Gasteiger partial charge in [-0.15, -0.1) is 21.5 Å². The van der Waals surface area contributed by atoms with Crippen LogP contribution < -0.4 is 5.01 Å². The number of hydrogen-bond donors (Lipinski definition) is 0. The maximum absolute atomic E-state index is 13.4. The molecule has 5 rings (SSSR count). The summed E-state index contributed by atoms with van der Waals surface area (Å²) in [6.07, 6.45) is 0. The van der Waals surface area contributed by atoms with Crippen LogP contribution in [0.15, 0.2) is 53.6 Å². The van der Waals surface area contributed by atoms with Gasteiger partial charge < -0.3 is 0 Å². The standard InChI is InChI=1S/C23H19ClFN5S/c1-13-14(2)31-22-20(13)21(17-6-8-18(24)9-7-17)28-29(23-27-26-15(3)30(22)23)12-16-4-10-19(25)11-5-16/h4-11H,12H2,1-3H3. The lowest BCUT2D eigenvalue weighted by molar-refractivity contribution is 0.626. The Morgan fingerprint density at radius 2 is 1.68 bits per heavy atom. The van der Waals surface area contributed by atoms with Crippen molar-refractivity contribution in [2.45, 2.75) is 27.3 Å². The van der Waals surface area contributed by atoms with Crippen molar-refractivity contribution in [3.63, 3.8) is 0 Å². The van der Waals surface area contributed by atoms with E-state index in [-0.39, 0.29) is 5.82 Å². The Morgan fingerprint density at radius 1 is 0.968 bits per heavy atom. The second-order valence-corrected chi connectivity index (χ2v) is 9.13. The number of nitrogens with zero attached hydrogens (tertiary/aromatic N) is 5. The first kappa shape index (κ1) is 19.9. The molecule has 0 bridgehead atoms. The minimum absolute atomic E-state index is 0.266. The second kappa shape index (κ2) is 7.59. The van der Waals surface area contributed by atoms with Crippen LogP contribution in [0.1, 0.15) is 33.0 Å². The highest BCUT2D eigenvalue weighted by Crippen LogP contribution is 2.38. The molecular weight excluding hydrogens is 433 g/mol. The number of anilines is 1. The minimum atomic E-state index is -0.266. The van der Waals surface area contributed by atoms with Gasteiger partial charge in [0.25, 0.3) is 5.95 Å². The van der Waals surface area contributed by atoms with Gasteiger partial charge in [-0.2, -0.15) is 5.10 Å². The number of hydrogen-bond acceptors (Lipinski definition) is 5. The molecule has 0 aliphatic carbocycles. The Morgan fingerprint density at radius 3 is 2.39 bits per heavy atom. The third-order valence-electron chi connectivity index (χ3n) is 5.43. The Balaban J connectivity index is 1.74. The summed E-state index contributed by atoms with van der Waals surface area (Å²) in [4.78, 5) is 1.22. The minimum Gasteiger partial charge on any atom is -0.254 e. The van der Waals surface area contributed by atoms with Crippen molar-refractivity contribution in [1.82, 2.24) is 14.8 Å². The van der Waals surface area contributed by atoms with Gasteiger partial charge in [-0.3, -0.25) is 4.57 Å². The monoisotopic (exact) mass is 451 g/mol. The third kappa shape index (κ3) is 3.43. The number of benzene rings is 2. The Labute approximate surface area is 188 Å². The van der Waals surface area contributed by atoms with Crippen molar-refractivity contribution >= 4 is 34.6 Å². The largest absolute Gasteiger partial charge is 0.254 e. The number of thiophene rings is 1. The Bertz CT molecular complexity index is 1310. The first-order chi connectivity index (χ1) is 14.9. The molecule has 0 fully saturated rings. The van der Waals surface area contributed by atoms with E-state index in [1.807, 2.05) is 36.2 Å². The maximum Gasteiger partial charge on any atom is 0.253 e. The molecule has 8 heteroatoms. The third-order valence-corrected chi connectivity index (χ3v) is 6.87.